The number of alkyl halides is 3. The number of carbonyl (C=O) groups excluding carboxylic acids is 1. The van der Waals surface area contributed by atoms with Crippen molar-refractivity contribution >= 4 is 29.3 Å². The van der Waals surface area contributed by atoms with E-state index in [4.69, 9.17) is 11.6 Å². The molecule has 144 valence electrons. The maximum atomic E-state index is 12.9. The van der Waals surface area contributed by atoms with Crippen molar-refractivity contribution in [3.8, 4) is 0 Å². The van der Waals surface area contributed by atoms with Crippen molar-refractivity contribution in [1.82, 2.24) is 9.78 Å². The second-order valence-electron chi connectivity index (χ2n) is 5.96. The van der Waals surface area contributed by atoms with Crippen LogP contribution >= 0.6 is 11.6 Å². The van der Waals surface area contributed by atoms with E-state index in [1.165, 1.54) is 18.2 Å². The van der Waals surface area contributed by atoms with Gasteiger partial charge in [0.25, 0.3) is 0 Å². The minimum Gasteiger partial charge on any atom is -0.323 e. The smallest absolute Gasteiger partial charge is 0.323 e. The summed E-state index contributed by atoms with van der Waals surface area (Å²) < 4.78 is 40.4. The van der Waals surface area contributed by atoms with Crippen LogP contribution in [0.4, 0.5) is 18.9 Å². The minimum atomic E-state index is -4.56. The van der Waals surface area contributed by atoms with Crippen LogP contribution in [-0.4, -0.2) is 15.7 Å². The van der Waals surface area contributed by atoms with E-state index in [1.54, 1.807) is 29.1 Å². The molecule has 1 N–H and O–H groups in total. The number of nitrogens with one attached hydrogen (secondary N) is 1. The first-order valence-corrected chi connectivity index (χ1v) is 8.61. The summed E-state index contributed by atoms with van der Waals surface area (Å²) in [6.07, 6.45) is 1.42. The molecule has 0 bridgehead atoms. The number of benzene rings is 2. The molecule has 8 heteroatoms. The summed E-state index contributed by atoms with van der Waals surface area (Å²) in [5.41, 5.74) is 0.798. The van der Waals surface area contributed by atoms with E-state index in [1.807, 2.05) is 18.3 Å². The highest BCUT2D eigenvalue weighted by Gasteiger charge is 2.33. The highest BCUT2D eigenvalue weighted by molar-refractivity contribution is 6.31. The highest BCUT2D eigenvalue weighted by Crippen LogP contribution is 2.35. The zero-order chi connectivity index (χ0) is 20.1. The van der Waals surface area contributed by atoms with Crippen molar-refractivity contribution < 1.29 is 18.0 Å². The zero-order valence-electron chi connectivity index (χ0n) is 14.4. The Morgan fingerprint density at radius 2 is 2.00 bits per heavy atom. The molecule has 0 fully saturated rings. The van der Waals surface area contributed by atoms with Gasteiger partial charge in [0.15, 0.2) is 0 Å². The zero-order valence-corrected chi connectivity index (χ0v) is 15.2. The molecule has 0 saturated heterocycles. The van der Waals surface area contributed by atoms with Crippen LogP contribution in [0.5, 0.6) is 0 Å². The highest BCUT2D eigenvalue weighted by atomic mass is 35.5. The van der Waals surface area contributed by atoms with Gasteiger partial charge in [-0.05, 0) is 47.5 Å². The Labute approximate surface area is 164 Å². The molecular formula is C20H15ClF3N3O. The SMILES string of the molecule is O=C(/C=C/c1ccc(Cl)c(C(F)(F)F)c1)Nc1cccc(Cn2cccn2)c1. The molecule has 2 aromatic carbocycles. The van der Waals surface area contributed by atoms with Gasteiger partial charge in [0.2, 0.25) is 5.91 Å². The average molecular weight is 406 g/mol. The van der Waals surface area contributed by atoms with Crippen LogP contribution in [-0.2, 0) is 17.5 Å². The van der Waals surface area contributed by atoms with Crippen molar-refractivity contribution in [1.29, 1.82) is 0 Å². The van der Waals surface area contributed by atoms with Crippen molar-refractivity contribution in [3.63, 3.8) is 0 Å². The Hall–Kier alpha value is -3.06. The third-order valence-corrected chi connectivity index (χ3v) is 4.15. The van der Waals surface area contributed by atoms with E-state index >= 15 is 0 Å². The maximum absolute atomic E-state index is 12.9. The van der Waals surface area contributed by atoms with Gasteiger partial charge in [-0.1, -0.05) is 29.8 Å². The number of rotatable bonds is 5. The second-order valence-corrected chi connectivity index (χ2v) is 6.37. The number of nitrogens with zero attached hydrogens (tertiary/aromatic N) is 2. The molecule has 1 amide bonds. The maximum Gasteiger partial charge on any atom is 0.417 e. The predicted octanol–water partition coefficient (Wildman–Crippen LogP) is 5.26. The van der Waals surface area contributed by atoms with E-state index < -0.39 is 17.6 Å². The Balaban J connectivity index is 1.67. The molecule has 0 unspecified atom stereocenters. The van der Waals surface area contributed by atoms with Crippen molar-refractivity contribution in [2.24, 2.45) is 0 Å². The molecule has 28 heavy (non-hydrogen) atoms. The van der Waals surface area contributed by atoms with Gasteiger partial charge in [-0.2, -0.15) is 18.3 Å². The minimum absolute atomic E-state index is 0.222. The summed E-state index contributed by atoms with van der Waals surface area (Å²) >= 11 is 5.59. The molecule has 1 aromatic heterocycles. The quantitative estimate of drug-likeness (QED) is 0.589. The van der Waals surface area contributed by atoms with E-state index in [2.05, 4.69) is 10.4 Å². The van der Waals surface area contributed by atoms with Gasteiger partial charge < -0.3 is 5.32 Å². The van der Waals surface area contributed by atoms with Gasteiger partial charge in [-0.3, -0.25) is 9.48 Å². The fraction of sp³-hybridized carbons (Fsp3) is 0.100. The molecule has 1 heterocycles. The molecule has 0 atom stereocenters. The van der Waals surface area contributed by atoms with Crippen LogP contribution in [0.25, 0.3) is 6.08 Å². The number of aromatic nitrogens is 2. The van der Waals surface area contributed by atoms with Crippen LogP contribution in [0.15, 0.2) is 67.0 Å². The summed E-state index contributed by atoms with van der Waals surface area (Å²) in [6, 6.07) is 12.5. The number of hydrogen-bond acceptors (Lipinski definition) is 2. The molecule has 0 aliphatic heterocycles. The molecule has 0 radical (unpaired) electrons. The van der Waals surface area contributed by atoms with Crippen molar-refractivity contribution in [3.05, 3.63) is 88.7 Å². The van der Waals surface area contributed by atoms with Crippen LogP contribution in [0, 0.1) is 0 Å². The Kier molecular flexibility index (Phi) is 5.84. The number of anilines is 1. The van der Waals surface area contributed by atoms with Crippen LogP contribution in [0.2, 0.25) is 5.02 Å². The summed E-state index contributed by atoms with van der Waals surface area (Å²) in [6.45, 7) is 0.553. The molecule has 3 rings (SSSR count). The van der Waals surface area contributed by atoms with Crippen molar-refractivity contribution in [2.45, 2.75) is 12.7 Å². The standard InChI is InChI=1S/C20H15ClF3N3O/c21-18-7-5-14(12-17(18)20(22,23)24)6-8-19(28)26-16-4-1-3-15(11-16)13-27-10-2-9-25-27/h1-12H,13H2,(H,26,28)/b8-6+. The predicted molar refractivity (Wildman–Crippen MR) is 102 cm³/mol. The average Bonchev–Trinajstić information content (AvgIpc) is 3.13. The lowest BCUT2D eigenvalue weighted by molar-refractivity contribution is -0.137. The molecule has 0 aliphatic carbocycles. The Morgan fingerprint density at radius 3 is 2.71 bits per heavy atom. The normalized spacial score (nSPS) is 11.7. The lowest BCUT2D eigenvalue weighted by Crippen LogP contribution is -2.09. The van der Waals surface area contributed by atoms with E-state index in [-0.39, 0.29) is 10.6 Å². The molecule has 3 aromatic rings. The first-order valence-electron chi connectivity index (χ1n) is 8.23. The van der Waals surface area contributed by atoms with Gasteiger partial charge >= 0.3 is 6.18 Å². The topological polar surface area (TPSA) is 46.9 Å². The molecular weight excluding hydrogens is 391 g/mol. The lowest BCUT2D eigenvalue weighted by atomic mass is 10.1. The largest absolute Gasteiger partial charge is 0.417 e. The van der Waals surface area contributed by atoms with Gasteiger partial charge in [-0.25, -0.2) is 0 Å². The second kappa shape index (κ2) is 8.31. The third-order valence-electron chi connectivity index (χ3n) is 3.82. The van der Waals surface area contributed by atoms with Crippen molar-refractivity contribution in [2.75, 3.05) is 5.32 Å². The molecule has 0 spiro atoms. The number of hydrogen-bond donors (Lipinski definition) is 1. The fourth-order valence-corrected chi connectivity index (χ4v) is 2.77. The van der Waals surface area contributed by atoms with Crippen LogP contribution < -0.4 is 5.32 Å². The van der Waals surface area contributed by atoms with Crippen LogP contribution in [0.3, 0.4) is 0 Å². The monoisotopic (exact) mass is 405 g/mol. The van der Waals surface area contributed by atoms with Gasteiger partial charge in [0, 0.05) is 24.2 Å². The Morgan fingerprint density at radius 1 is 1.18 bits per heavy atom. The first-order chi connectivity index (χ1) is 13.3. The van der Waals surface area contributed by atoms with E-state index in [0.717, 1.165) is 17.7 Å². The summed E-state index contributed by atoms with van der Waals surface area (Å²) in [4.78, 5) is 12.1. The molecule has 4 nitrogen and oxygen atoms in total. The fourth-order valence-electron chi connectivity index (χ4n) is 2.55. The number of halogens is 4. The van der Waals surface area contributed by atoms with E-state index in [9.17, 15) is 18.0 Å². The van der Waals surface area contributed by atoms with Gasteiger partial charge in [-0.15, -0.1) is 0 Å². The van der Waals surface area contributed by atoms with E-state index in [0.29, 0.717) is 12.2 Å². The summed E-state index contributed by atoms with van der Waals surface area (Å²) in [7, 11) is 0. The Bertz CT molecular complexity index is 998. The first kappa shape index (κ1) is 19.7. The van der Waals surface area contributed by atoms with Gasteiger partial charge in [0.05, 0.1) is 17.1 Å². The van der Waals surface area contributed by atoms with Crippen LogP contribution in [0.1, 0.15) is 16.7 Å². The third kappa shape index (κ3) is 5.23. The number of carbonyl (C=O) groups is 1. The summed E-state index contributed by atoms with van der Waals surface area (Å²) in [5, 5.41) is 6.42. The molecule has 0 saturated carbocycles. The number of amides is 1. The summed E-state index contributed by atoms with van der Waals surface area (Å²) in [5.74, 6) is -0.459. The van der Waals surface area contributed by atoms with Gasteiger partial charge in [0.1, 0.15) is 0 Å². The molecule has 0 aliphatic rings. The lowest BCUT2D eigenvalue weighted by Gasteiger charge is -2.09.